The number of rotatable bonds is 2. The summed E-state index contributed by atoms with van der Waals surface area (Å²) in [5.41, 5.74) is 1.21. The first kappa shape index (κ1) is 11.9. The third-order valence-corrected chi connectivity index (χ3v) is 4.42. The summed E-state index contributed by atoms with van der Waals surface area (Å²) < 4.78 is 24.9. The summed E-state index contributed by atoms with van der Waals surface area (Å²) in [5, 5.41) is 2.64. The molecule has 1 saturated heterocycles. The first-order valence-corrected chi connectivity index (χ1v) is 6.98. The standard InChI is InChI=1S/C11H14N2O3S/c1-9(14)12-10-4-2-5-11(8-10)13-6-3-7-17(13,15)16/h2,4-5,8H,3,6-7H2,1H3,(H,12,14). The van der Waals surface area contributed by atoms with E-state index in [1.807, 2.05) is 0 Å². The Labute approximate surface area is 100 Å². The van der Waals surface area contributed by atoms with Crippen LogP contribution in [0.5, 0.6) is 0 Å². The molecule has 1 aromatic rings. The minimum atomic E-state index is -3.16. The van der Waals surface area contributed by atoms with Crippen molar-refractivity contribution in [1.82, 2.24) is 0 Å². The van der Waals surface area contributed by atoms with Crippen LogP contribution in [0.1, 0.15) is 13.3 Å². The highest BCUT2D eigenvalue weighted by atomic mass is 32.2. The zero-order valence-electron chi connectivity index (χ0n) is 9.51. The summed E-state index contributed by atoms with van der Waals surface area (Å²) in [5.74, 6) is 0.0172. The second kappa shape index (κ2) is 4.37. The quantitative estimate of drug-likeness (QED) is 0.862. The number of carbonyl (C=O) groups is 1. The molecule has 0 aliphatic carbocycles. The van der Waals surface area contributed by atoms with Gasteiger partial charge in [0.1, 0.15) is 0 Å². The second-order valence-corrected chi connectivity index (χ2v) is 5.99. The fourth-order valence-electron chi connectivity index (χ4n) is 1.87. The Morgan fingerprint density at radius 1 is 1.41 bits per heavy atom. The molecule has 17 heavy (non-hydrogen) atoms. The van der Waals surface area contributed by atoms with Crippen LogP contribution in [0.15, 0.2) is 24.3 Å². The van der Waals surface area contributed by atoms with Crippen molar-refractivity contribution in [2.45, 2.75) is 13.3 Å². The molecule has 0 atom stereocenters. The van der Waals surface area contributed by atoms with Crippen LogP contribution in [0, 0.1) is 0 Å². The Hall–Kier alpha value is -1.56. The molecular formula is C11H14N2O3S. The summed E-state index contributed by atoms with van der Waals surface area (Å²) in [6.07, 6.45) is 0.646. The van der Waals surface area contributed by atoms with Crippen molar-refractivity contribution in [3.63, 3.8) is 0 Å². The molecule has 1 fully saturated rings. The SMILES string of the molecule is CC(=O)Nc1cccc(N2CCCS2(=O)=O)c1. The average molecular weight is 254 g/mol. The van der Waals surface area contributed by atoms with E-state index in [0.717, 1.165) is 0 Å². The third kappa shape index (κ3) is 2.58. The van der Waals surface area contributed by atoms with Crippen LogP contribution in [0.4, 0.5) is 11.4 Å². The monoisotopic (exact) mass is 254 g/mol. The Balaban J connectivity index is 2.30. The molecule has 1 N–H and O–H groups in total. The zero-order valence-corrected chi connectivity index (χ0v) is 10.3. The molecule has 0 saturated carbocycles. The van der Waals surface area contributed by atoms with Gasteiger partial charge in [0.25, 0.3) is 0 Å². The van der Waals surface area contributed by atoms with Crippen molar-refractivity contribution >= 4 is 27.3 Å². The topological polar surface area (TPSA) is 66.5 Å². The second-order valence-electron chi connectivity index (χ2n) is 3.97. The van der Waals surface area contributed by atoms with E-state index in [0.29, 0.717) is 24.3 Å². The van der Waals surface area contributed by atoms with E-state index in [-0.39, 0.29) is 11.7 Å². The van der Waals surface area contributed by atoms with Gasteiger partial charge in [0.2, 0.25) is 15.9 Å². The summed E-state index contributed by atoms with van der Waals surface area (Å²) in [6.45, 7) is 1.92. The molecule has 1 aromatic carbocycles. The molecule has 0 radical (unpaired) electrons. The van der Waals surface area contributed by atoms with Gasteiger partial charge in [0.15, 0.2) is 0 Å². The maximum Gasteiger partial charge on any atom is 0.235 e. The van der Waals surface area contributed by atoms with Crippen molar-refractivity contribution in [2.75, 3.05) is 21.9 Å². The summed E-state index contributed by atoms with van der Waals surface area (Å²) in [7, 11) is -3.16. The van der Waals surface area contributed by atoms with Crippen LogP contribution in [-0.4, -0.2) is 26.6 Å². The molecule has 0 spiro atoms. The van der Waals surface area contributed by atoms with E-state index in [1.165, 1.54) is 11.2 Å². The van der Waals surface area contributed by atoms with Crippen molar-refractivity contribution in [3.05, 3.63) is 24.3 Å². The van der Waals surface area contributed by atoms with E-state index < -0.39 is 10.0 Å². The normalized spacial score (nSPS) is 18.1. The van der Waals surface area contributed by atoms with Gasteiger partial charge >= 0.3 is 0 Å². The minimum Gasteiger partial charge on any atom is -0.326 e. The van der Waals surface area contributed by atoms with Gasteiger partial charge in [0.05, 0.1) is 11.4 Å². The number of hydrogen-bond acceptors (Lipinski definition) is 3. The molecule has 1 aliphatic heterocycles. The van der Waals surface area contributed by atoms with Crippen molar-refractivity contribution in [3.8, 4) is 0 Å². The molecule has 1 amide bonds. The van der Waals surface area contributed by atoms with Crippen LogP contribution >= 0.6 is 0 Å². The van der Waals surface area contributed by atoms with E-state index in [9.17, 15) is 13.2 Å². The summed E-state index contributed by atoms with van der Waals surface area (Å²) in [6, 6.07) is 6.86. The zero-order chi connectivity index (χ0) is 12.5. The third-order valence-electron chi connectivity index (χ3n) is 2.55. The molecule has 0 bridgehead atoms. The maximum atomic E-state index is 11.7. The number of hydrogen-bond donors (Lipinski definition) is 1. The lowest BCUT2D eigenvalue weighted by Gasteiger charge is -2.17. The van der Waals surface area contributed by atoms with Gasteiger partial charge in [-0.1, -0.05) is 6.07 Å². The van der Waals surface area contributed by atoms with E-state index >= 15 is 0 Å². The Bertz CT molecular complexity index is 539. The lowest BCUT2D eigenvalue weighted by molar-refractivity contribution is -0.114. The number of sulfonamides is 1. The molecule has 5 nitrogen and oxygen atoms in total. The molecule has 1 heterocycles. The van der Waals surface area contributed by atoms with Crippen LogP contribution in [0.25, 0.3) is 0 Å². The number of carbonyl (C=O) groups excluding carboxylic acids is 1. The molecule has 1 aliphatic rings. The minimum absolute atomic E-state index is 0.175. The smallest absolute Gasteiger partial charge is 0.235 e. The van der Waals surface area contributed by atoms with Gasteiger partial charge in [-0.15, -0.1) is 0 Å². The molecule has 0 aromatic heterocycles. The van der Waals surface area contributed by atoms with Crippen LogP contribution in [-0.2, 0) is 14.8 Å². The number of anilines is 2. The van der Waals surface area contributed by atoms with Crippen molar-refractivity contribution in [2.24, 2.45) is 0 Å². The van der Waals surface area contributed by atoms with E-state index in [4.69, 9.17) is 0 Å². The Kier molecular flexibility index (Phi) is 3.06. The average Bonchev–Trinajstić information content (AvgIpc) is 2.57. The fraction of sp³-hybridized carbons (Fsp3) is 0.364. The molecule has 0 unspecified atom stereocenters. The highest BCUT2D eigenvalue weighted by Crippen LogP contribution is 2.26. The van der Waals surface area contributed by atoms with Gasteiger partial charge in [-0.2, -0.15) is 0 Å². The molecule has 6 heteroatoms. The van der Waals surface area contributed by atoms with Gasteiger partial charge in [-0.3, -0.25) is 9.10 Å². The largest absolute Gasteiger partial charge is 0.326 e. The van der Waals surface area contributed by atoms with E-state index in [2.05, 4.69) is 5.32 Å². The number of nitrogens with one attached hydrogen (secondary N) is 1. The van der Waals surface area contributed by atoms with Gasteiger partial charge in [0, 0.05) is 19.2 Å². The van der Waals surface area contributed by atoms with Crippen molar-refractivity contribution in [1.29, 1.82) is 0 Å². The Morgan fingerprint density at radius 2 is 2.18 bits per heavy atom. The van der Waals surface area contributed by atoms with E-state index in [1.54, 1.807) is 24.3 Å². The number of amides is 1. The Morgan fingerprint density at radius 3 is 2.76 bits per heavy atom. The molecule has 92 valence electrons. The summed E-state index contributed by atoms with van der Waals surface area (Å²) >= 11 is 0. The first-order valence-electron chi connectivity index (χ1n) is 5.37. The predicted octanol–water partition coefficient (Wildman–Crippen LogP) is 1.18. The van der Waals surface area contributed by atoms with Gasteiger partial charge < -0.3 is 5.32 Å². The van der Waals surface area contributed by atoms with Gasteiger partial charge in [-0.05, 0) is 24.6 Å². The lowest BCUT2D eigenvalue weighted by atomic mass is 10.2. The maximum absolute atomic E-state index is 11.7. The van der Waals surface area contributed by atoms with Crippen LogP contribution < -0.4 is 9.62 Å². The van der Waals surface area contributed by atoms with Crippen LogP contribution in [0.3, 0.4) is 0 Å². The lowest BCUT2D eigenvalue weighted by Crippen LogP contribution is -2.25. The predicted molar refractivity (Wildman–Crippen MR) is 66.5 cm³/mol. The molecular weight excluding hydrogens is 240 g/mol. The van der Waals surface area contributed by atoms with Crippen molar-refractivity contribution < 1.29 is 13.2 Å². The highest BCUT2D eigenvalue weighted by molar-refractivity contribution is 7.93. The van der Waals surface area contributed by atoms with Crippen LogP contribution in [0.2, 0.25) is 0 Å². The first-order chi connectivity index (χ1) is 7.99. The fourth-order valence-corrected chi connectivity index (χ4v) is 3.43. The number of nitrogens with zero attached hydrogens (tertiary/aromatic N) is 1. The molecule has 2 rings (SSSR count). The highest BCUT2D eigenvalue weighted by Gasteiger charge is 2.28. The summed E-state index contributed by atoms with van der Waals surface area (Å²) in [4.78, 5) is 10.9. The van der Waals surface area contributed by atoms with Gasteiger partial charge in [-0.25, -0.2) is 8.42 Å². The number of benzene rings is 1.